The monoisotopic (exact) mass is 509 g/mol. The molecule has 0 radical (unpaired) electrons. The molecule has 1 atom stereocenters. The molecule has 0 saturated carbocycles. The third-order valence-electron chi connectivity index (χ3n) is 6.08. The van der Waals surface area contributed by atoms with Gasteiger partial charge in [-0.2, -0.15) is 0 Å². The number of hydrogen-bond acceptors (Lipinski definition) is 2. The molecule has 6 heteroatoms. The van der Waals surface area contributed by atoms with E-state index in [1.54, 1.807) is 0 Å². The van der Waals surface area contributed by atoms with Gasteiger partial charge >= 0.3 is 0 Å². The Morgan fingerprint density at radius 1 is 1.24 bits per heavy atom. The van der Waals surface area contributed by atoms with Gasteiger partial charge in [0.05, 0.1) is 0 Å². The summed E-state index contributed by atoms with van der Waals surface area (Å²) in [5.41, 5.74) is 1.30. The van der Waals surface area contributed by atoms with Crippen LogP contribution >= 0.6 is 24.0 Å². The van der Waals surface area contributed by atoms with Gasteiger partial charge in [0.25, 0.3) is 0 Å². The van der Waals surface area contributed by atoms with Crippen LogP contribution in [0.4, 0.5) is 0 Å². The molecule has 3 rings (SSSR count). The van der Waals surface area contributed by atoms with E-state index < -0.39 is 0 Å². The van der Waals surface area contributed by atoms with Crippen LogP contribution in [0.3, 0.4) is 0 Å². The van der Waals surface area contributed by atoms with Crippen LogP contribution in [0, 0.1) is 11.8 Å². The highest BCUT2D eigenvalue weighted by Crippen LogP contribution is 2.28. The minimum Gasteiger partial charge on any atom is -0.356 e. The van der Waals surface area contributed by atoms with Crippen LogP contribution in [0.15, 0.2) is 47.7 Å². The number of aliphatic imine (C=N–C) groups is 1. The molecule has 2 aromatic rings. The Hall–Kier alpha value is -1.57. The molecular formula is C23H36IN5. The zero-order chi connectivity index (χ0) is 19.8. The van der Waals surface area contributed by atoms with E-state index in [0.29, 0.717) is 0 Å². The van der Waals surface area contributed by atoms with Crippen molar-refractivity contribution in [3.63, 3.8) is 0 Å². The minimum absolute atomic E-state index is 0. The lowest BCUT2D eigenvalue weighted by atomic mass is 9.87. The topological polar surface area (TPSA) is 45.4 Å². The van der Waals surface area contributed by atoms with Gasteiger partial charge in [-0.3, -0.25) is 4.99 Å². The predicted octanol–water partition coefficient (Wildman–Crippen LogP) is 4.43. The lowest BCUT2D eigenvalue weighted by Crippen LogP contribution is -2.41. The zero-order valence-corrected chi connectivity index (χ0v) is 20.4. The summed E-state index contributed by atoms with van der Waals surface area (Å²) in [5.74, 6) is 3.80. The van der Waals surface area contributed by atoms with Gasteiger partial charge in [0.1, 0.15) is 5.82 Å². The quantitative estimate of drug-likeness (QED) is 0.326. The normalized spacial score (nSPS) is 16.9. The summed E-state index contributed by atoms with van der Waals surface area (Å²) in [6.07, 6.45) is 8.71. The van der Waals surface area contributed by atoms with E-state index in [0.717, 1.165) is 56.2 Å². The van der Waals surface area contributed by atoms with Crippen molar-refractivity contribution < 1.29 is 0 Å². The number of likely N-dealkylation sites (tertiary alicyclic amines) is 1. The first-order valence-corrected chi connectivity index (χ1v) is 10.7. The van der Waals surface area contributed by atoms with E-state index in [9.17, 15) is 0 Å². The van der Waals surface area contributed by atoms with Crippen LogP contribution in [0.5, 0.6) is 0 Å². The predicted molar refractivity (Wildman–Crippen MR) is 132 cm³/mol. The van der Waals surface area contributed by atoms with Crippen molar-refractivity contribution >= 4 is 29.9 Å². The van der Waals surface area contributed by atoms with Crippen LogP contribution in [0.1, 0.15) is 44.5 Å². The second-order valence-electron chi connectivity index (χ2n) is 7.75. The van der Waals surface area contributed by atoms with Crippen LogP contribution in [-0.4, -0.2) is 47.1 Å². The summed E-state index contributed by atoms with van der Waals surface area (Å²) in [6.45, 7) is 8.61. The summed E-state index contributed by atoms with van der Waals surface area (Å²) in [4.78, 5) is 11.5. The third-order valence-corrected chi connectivity index (χ3v) is 6.08. The van der Waals surface area contributed by atoms with Gasteiger partial charge in [0.15, 0.2) is 5.96 Å². The first-order valence-electron chi connectivity index (χ1n) is 10.7. The molecule has 1 aromatic heterocycles. The maximum absolute atomic E-state index is 4.56. The molecule has 1 aromatic carbocycles. The summed E-state index contributed by atoms with van der Waals surface area (Å²) in [5, 5.41) is 3.56. The maximum Gasteiger partial charge on any atom is 0.193 e. The molecule has 1 fully saturated rings. The Morgan fingerprint density at radius 3 is 2.69 bits per heavy atom. The fraction of sp³-hybridized carbons (Fsp3) is 0.565. The van der Waals surface area contributed by atoms with Gasteiger partial charge in [-0.1, -0.05) is 57.0 Å². The van der Waals surface area contributed by atoms with E-state index in [4.69, 9.17) is 0 Å². The number of guanidine groups is 1. The molecule has 29 heavy (non-hydrogen) atoms. The van der Waals surface area contributed by atoms with Crippen molar-refractivity contribution in [1.82, 2.24) is 19.8 Å². The number of imidazole rings is 1. The molecule has 160 valence electrons. The molecule has 1 aliphatic heterocycles. The van der Waals surface area contributed by atoms with Crippen LogP contribution in [-0.2, 0) is 13.0 Å². The maximum atomic E-state index is 4.56. The van der Waals surface area contributed by atoms with Gasteiger partial charge in [0, 0.05) is 52.0 Å². The number of rotatable bonds is 8. The fourth-order valence-corrected chi connectivity index (χ4v) is 4.43. The van der Waals surface area contributed by atoms with Crippen molar-refractivity contribution in [2.75, 3.05) is 26.7 Å². The van der Waals surface area contributed by atoms with Crippen LogP contribution in [0.25, 0.3) is 0 Å². The molecule has 0 bridgehead atoms. The summed E-state index contributed by atoms with van der Waals surface area (Å²) in [7, 11) is 1.89. The second-order valence-corrected chi connectivity index (χ2v) is 7.75. The third kappa shape index (κ3) is 6.46. The average Bonchev–Trinajstić information content (AvgIpc) is 3.37. The van der Waals surface area contributed by atoms with E-state index in [2.05, 4.69) is 75.1 Å². The lowest BCUT2D eigenvalue weighted by molar-refractivity contribution is 0.319. The van der Waals surface area contributed by atoms with Gasteiger partial charge in [-0.05, 0) is 23.8 Å². The van der Waals surface area contributed by atoms with E-state index >= 15 is 0 Å². The molecule has 0 aliphatic carbocycles. The second kappa shape index (κ2) is 12.2. The highest BCUT2D eigenvalue weighted by molar-refractivity contribution is 14.0. The Balaban J connectivity index is 0.00000300. The van der Waals surface area contributed by atoms with Crippen molar-refractivity contribution in [3.8, 4) is 0 Å². The molecule has 1 N–H and O–H groups in total. The number of benzene rings is 1. The summed E-state index contributed by atoms with van der Waals surface area (Å²) in [6, 6.07) is 10.5. The van der Waals surface area contributed by atoms with E-state index in [1.807, 2.05) is 13.2 Å². The van der Waals surface area contributed by atoms with Gasteiger partial charge in [-0.25, -0.2) is 4.98 Å². The minimum atomic E-state index is 0. The van der Waals surface area contributed by atoms with Crippen LogP contribution in [0.2, 0.25) is 0 Å². The number of aromatic nitrogens is 2. The van der Waals surface area contributed by atoms with Crippen LogP contribution < -0.4 is 5.32 Å². The van der Waals surface area contributed by atoms with Crippen molar-refractivity contribution in [1.29, 1.82) is 0 Å². The first kappa shape index (κ1) is 23.7. The standard InChI is InChI=1S/C23H35N5.HI/c1-4-20(5-2)21-12-15-28(18-21)23(24-3)26-13-11-22-25-14-16-27(22)17-19-9-7-6-8-10-19;/h6-10,14,16,20-21H,4-5,11-13,15,17-18H2,1-3H3,(H,24,26);1H. The van der Waals surface area contributed by atoms with Crippen molar-refractivity contribution in [2.24, 2.45) is 16.8 Å². The smallest absolute Gasteiger partial charge is 0.193 e. The molecule has 1 unspecified atom stereocenters. The molecule has 2 heterocycles. The number of hydrogen-bond donors (Lipinski definition) is 1. The Bertz CT molecular complexity index is 739. The van der Waals surface area contributed by atoms with Crippen molar-refractivity contribution in [2.45, 2.75) is 46.1 Å². The Labute approximate surface area is 193 Å². The van der Waals surface area contributed by atoms with Gasteiger partial charge in [-0.15, -0.1) is 24.0 Å². The molecular weight excluding hydrogens is 473 g/mol. The molecule has 0 amide bonds. The molecule has 1 saturated heterocycles. The molecule has 0 spiro atoms. The average molecular weight is 509 g/mol. The number of nitrogens with zero attached hydrogens (tertiary/aromatic N) is 4. The molecule has 1 aliphatic rings. The Kier molecular flexibility index (Phi) is 9.97. The highest BCUT2D eigenvalue weighted by Gasteiger charge is 2.29. The SMILES string of the molecule is CCC(CC)C1CCN(C(=NC)NCCc2nccn2Cc2ccccc2)C1.I. The number of halogens is 1. The fourth-order valence-electron chi connectivity index (χ4n) is 4.43. The number of nitrogens with one attached hydrogen (secondary N) is 1. The first-order chi connectivity index (χ1) is 13.7. The van der Waals surface area contributed by atoms with Crippen molar-refractivity contribution in [3.05, 3.63) is 54.1 Å². The Morgan fingerprint density at radius 2 is 2.00 bits per heavy atom. The van der Waals surface area contributed by atoms with Gasteiger partial charge in [0.2, 0.25) is 0 Å². The van der Waals surface area contributed by atoms with E-state index in [1.165, 1.54) is 24.8 Å². The largest absolute Gasteiger partial charge is 0.356 e. The molecule has 5 nitrogen and oxygen atoms in total. The van der Waals surface area contributed by atoms with E-state index in [-0.39, 0.29) is 24.0 Å². The van der Waals surface area contributed by atoms with Gasteiger partial charge < -0.3 is 14.8 Å². The zero-order valence-electron chi connectivity index (χ0n) is 18.1. The summed E-state index contributed by atoms with van der Waals surface area (Å²) >= 11 is 0. The lowest BCUT2D eigenvalue weighted by Gasteiger charge is -2.24. The summed E-state index contributed by atoms with van der Waals surface area (Å²) < 4.78 is 2.23. The highest BCUT2D eigenvalue weighted by atomic mass is 127.